The molecule has 0 N–H and O–H groups in total. The molecule has 15 heavy (non-hydrogen) atoms. The Balaban J connectivity index is 2.46. The molecule has 0 aliphatic rings. The number of rotatable bonds is 2. The van der Waals surface area contributed by atoms with Crippen molar-refractivity contribution in [2.45, 2.75) is 13.8 Å². The van der Waals surface area contributed by atoms with Gasteiger partial charge in [-0.25, -0.2) is 4.68 Å². The number of carbonyl (C=O) groups is 1. The van der Waals surface area contributed by atoms with Gasteiger partial charge in [0.05, 0.1) is 11.4 Å². The summed E-state index contributed by atoms with van der Waals surface area (Å²) in [6.45, 7) is 3.87. The van der Waals surface area contributed by atoms with Gasteiger partial charge in [0.15, 0.2) is 0 Å². The van der Waals surface area contributed by atoms with E-state index in [1.54, 1.807) is 4.68 Å². The van der Waals surface area contributed by atoms with Crippen molar-refractivity contribution in [3.8, 4) is 5.69 Å². The predicted octanol–water partition coefficient (Wildman–Crippen LogP) is 2.30. The topological polar surface area (TPSA) is 34.9 Å². The molecule has 3 nitrogen and oxygen atoms in total. The summed E-state index contributed by atoms with van der Waals surface area (Å²) in [5, 5.41) is 4.31. The molecule has 0 amide bonds. The fourth-order valence-corrected chi connectivity index (χ4v) is 1.49. The molecule has 3 heteroatoms. The maximum absolute atomic E-state index is 10.7. The lowest BCUT2D eigenvalue weighted by molar-refractivity contribution is 0.112. The minimum absolute atomic E-state index is 0.725. The van der Waals surface area contributed by atoms with Gasteiger partial charge in [0, 0.05) is 11.8 Å². The molecule has 0 saturated heterocycles. The van der Waals surface area contributed by atoms with Crippen LogP contribution < -0.4 is 0 Å². The Morgan fingerprint density at radius 2 is 2.07 bits per heavy atom. The fraction of sp³-hybridized carbons (Fsp3) is 0.167. The molecule has 1 heterocycles. The van der Waals surface area contributed by atoms with Gasteiger partial charge >= 0.3 is 0 Å². The van der Waals surface area contributed by atoms with Gasteiger partial charge in [-0.3, -0.25) is 4.79 Å². The molecule has 76 valence electrons. The van der Waals surface area contributed by atoms with Gasteiger partial charge in [0.25, 0.3) is 0 Å². The molecule has 0 bridgehead atoms. The molecule has 0 aliphatic carbocycles. The molecular formula is C12H12N2O. The van der Waals surface area contributed by atoms with Crippen LogP contribution in [-0.2, 0) is 0 Å². The van der Waals surface area contributed by atoms with E-state index in [-0.39, 0.29) is 0 Å². The Kier molecular flexibility index (Phi) is 2.37. The largest absolute Gasteiger partial charge is 0.298 e. The van der Waals surface area contributed by atoms with E-state index in [9.17, 15) is 4.79 Å². The molecular weight excluding hydrogens is 188 g/mol. The van der Waals surface area contributed by atoms with Gasteiger partial charge in [-0.05, 0) is 43.7 Å². The Morgan fingerprint density at radius 1 is 1.27 bits per heavy atom. The molecule has 0 spiro atoms. The lowest BCUT2D eigenvalue weighted by atomic mass is 10.1. The zero-order chi connectivity index (χ0) is 10.8. The molecule has 2 aromatic rings. The first-order chi connectivity index (χ1) is 7.20. The fourth-order valence-electron chi connectivity index (χ4n) is 1.49. The number of nitrogens with zero attached hydrogens (tertiary/aromatic N) is 2. The first kappa shape index (κ1) is 9.65. The summed E-state index contributed by atoms with van der Waals surface area (Å²) in [5.74, 6) is 0. The SMILES string of the molecule is Cc1ccn(-c2ccc(C=O)c(C)c2)n1. The second-order valence-corrected chi connectivity index (χ2v) is 3.56. The van der Waals surface area contributed by atoms with Crippen LogP contribution in [0.5, 0.6) is 0 Å². The van der Waals surface area contributed by atoms with Crippen LogP contribution in [0, 0.1) is 13.8 Å². The van der Waals surface area contributed by atoms with Crippen molar-refractivity contribution >= 4 is 6.29 Å². The summed E-state index contributed by atoms with van der Waals surface area (Å²) in [5.41, 5.74) is 3.65. The van der Waals surface area contributed by atoms with Gasteiger partial charge in [0.1, 0.15) is 6.29 Å². The van der Waals surface area contributed by atoms with Crippen LogP contribution in [0.15, 0.2) is 30.5 Å². The highest BCUT2D eigenvalue weighted by Crippen LogP contribution is 2.13. The van der Waals surface area contributed by atoms with Crippen molar-refractivity contribution in [3.63, 3.8) is 0 Å². The maximum Gasteiger partial charge on any atom is 0.150 e. The van der Waals surface area contributed by atoms with E-state index in [2.05, 4.69) is 5.10 Å². The van der Waals surface area contributed by atoms with E-state index >= 15 is 0 Å². The normalized spacial score (nSPS) is 10.3. The van der Waals surface area contributed by atoms with Gasteiger partial charge in [0.2, 0.25) is 0 Å². The standard InChI is InChI=1S/C12H12N2O/c1-9-7-12(4-3-11(9)8-15)14-6-5-10(2)13-14/h3-8H,1-2H3. The number of benzene rings is 1. The zero-order valence-electron chi connectivity index (χ0n) is 8.77. The molecule has 0 radical (unpaired) electrons. The second-order valence-electron chi connectivity index (χ2n) is 3.56. The van der Waals surface area contributed by atoms with Crippen molar-refractivity contribution in [3.05, 3.63) is 47.3 Å². The van der Waals surface area contributed by atoms with Gasteiger partial charge in [-0.2, -0.15) is 5.10 Å². The number of aldehydes is 1. The van der Waals surface area contributed by atoms with Crippen LogP contribution in [-0.4, -0.2) is 16.1 Å². The molecule has 2 rings (SSSR count). The number of hydrogen-bond donors (Lipinski definition) is 0. The highest BCUT2D eigenvalue weighted by Gasteiger charge is 2.01. The maximum atomic E-state index is 10.7. The van der Waals surface area contributed by atoms with Crippen molar-refractivity contribution in [2.24, 2.45) is 0 Å². The Bertz CT molecular complexity index is 500. The summed E-state index contributed by atoms with van der Waals surface area (Å²) in [6.07, 6.45) is 2.78. The highest BCUT2D eigenvalue weighted by atomic mass is 16.1. The predicted molar refractivity (Wildman–Crippen MR) is 58.4 cm³/mol. The average Bonchev–Trinajstić information content (AvgIpc) is 2.65. The minimum atomic E-state index is 0.725. The van der Waals surface area contributed by atoms with Crippen LogP contribution in [0.1, 0.15) is 21.6 Å². The Hall–Kier alpha value is -1.90. The number of aromatic nitrogens is 2. The van der Waals surface area contributed by atoms with E-state index in [4.69, 9.17) is 0 Å². The number of carbonyl (C=O) groups excluding carboxylic acids is 1. The molecule has 0 unspecified atom stereocenters. The summed E-state index contributed by atoms with van der Waals surface area (Å²) in [6, 6.07) is 7.61. The summed E-state index contributed by atoms with van der Waals surface area (Å²) in [7, 11) is 0. The van der Waals surface area contributed by atoms with Crippen molar-refractivity contribution in [1.29, 1.82) is 0 Å². The van der Waals surface area contributed by atoms with Crippen LogP contribution in [0.3, 0.4) is 0 Å². The third-order valence-electron chi connectivity index (χ3n) is 2.37. The van der Waals surface area contributed by atoms with Crippen molar-refractivity contribution < 1.29 is 4.79 Å². The molecule has 1 aromatic carbocycles. The Labute approximate surface area is 88.4 Å². The first-order valence-corrected chi connectivity index (χ1v) is 4.79. The third-order valence-corrected chi connectivity index (χ3v) is 2.37. The minimum Gasteiger partial charge on any atom is -0.298 e. The van der Waals surface area contributed by atoms with Gasteiger partial charge in [-0.15, -0.1) is 0 Å². The Morgan fingerprint density at radius 3 is 2.60 bits per heavy atom. The quantitative estimate of drug-likeness (QED) is 0.697. The van der Waals surface area contributed by atoms with E-state index < -0.39 is 0 Å². The molecule has 0 aliphatic heterocycles. The smallest absolute Gasteiger partial charge is 0.150 e. The zero-order valence-corrected chi connectivity index (χ0v) is 8.77. The van der Waals surface area contributed by atoms with Gasteiger partial charge < -0.3 is 0 Å². The third kappa shape index (κ3) is 1.81. The van der Waals surface area contributed by atoms with E-state index in [0.29, 0.717) is 0 Å². The monoisotopic (exact) mass is 200 g/mol. The van der Waals surface area contributed by atoms with E-state index in [1.807, 2.05) is 44.3 Å². The summed E-state index contributed by atoms with van der Waals surface area (Å²) < 4.78 is 1.80. The molecule has 1 aromatic heterocycles. The first-order valence-electron chi connectivity index (χ1n) is 4.79. The molecule has 0 atom stereocenters. The van der Waals surface area contributed by atoms with Gasteiger partial charge in [-0.1, -0.05) is 0 Å². The van der Waals surface area contributed by atoms with Crippen molar-refractivity contribution in [2.75, 3.05) is 0 Å². The molecule has 0 fully saturated rings. The van der Waals surface area contributed by atoms with Crippen LogP contribution in [0.25, 0.3) is 5.69 Å². The molecule has 0 saturated carbocycles. The summed E-state index contributed by atoms with van der Waals surface area (Å²) >= 11 is 0. The van der Waals surface area contributed by atoms with Crippen LogP contribution in [0.4, 0.5) is 0 Å². The van der Waals surface area contributed by atoms with Crippen LogP contribution >= 0.6 is 0 Å². The number of hydrogen-bond acceptors (Lipinski definition) is 2. The second kappa shape index (κ2) is 3.69. The van der Waals surface area contributed by atoms with E-state index in [1.165, 1.54) is 0 Å². The highest BCUT2D eigenvalue weighted by molar-refractivity contribution is 5.77. The van der Waals surface area contributed by atoms with Crippen molar-refractivity contribution in [1.82, 2.24) is 9.78 Å². The lowest BCUT2D eigenvalue weighted by Crippen LogP contribution is -1.97. The van der Waals surface area contributed by atoms with Crippen LogP contribution in [0.2, 0.25) is 0 Å². The summed E-state index contributed by atoms with van der Waals surface area (Å²) in [4.78, 5) is 10.7. The lowest BCUT2D eigenvalue weighted by Gasteiger charge is -2.04. The number of aryl methyl sites for hydroxylation is 2. The van der Waals surface area contributed by atoms with E-state index in [0.717, 1.165) is 28.8 Å². The average molecular weight is 200 g/mol.